The van der Waals surface area contributed by atoms with E-state index >= 15 is 0 Å². The second-order valence-corrected chi connectivity index (χ2v) is 6.58. The molecular formula is C16H12F2N2O2S2. The summed E-state index contributed by atoms with van der Waals surface area (Å²) < 4.78 is 29.2. The number of aromatic nitrogens is 1. The maximum atomic E-state index is 12.4. The maximum absolute atomic E-state index is 12.4. The minimum absolute atomic E-state index is 0.0281. The molecule has 8 heteroatoms. The summed E-state index contributed by atoms with van der Waals surface area (Å²) in [6.45, 7) is -1.31. The van der Waals surface area contributed by atoms with Gasteiger partial charge in [-0.15, -0.1) is 22.7 Å². The van der Waals surface area contributed by atoms with Crippen molar-refractivity contribution in [1.29, 1.82) is 0 Å². The highest BCUT2D eigenvalue weighted by Crippen LogP contribution is 2.29. The minimum Gasteiger partial charge on any atom is -0.434 e. The van der Waals surface area contributed by atoms with Crippen LogP contribution in [0.5, 0.6) is 5.75 Å². The van der Waals surface area contributed by atoms with Crippen LogP contribution in [0, 0.1) is 6.92 Å². The molecule has 1 aromatic carbocycles. The Labute approximate surface area is 144 Å². The normalized spacial score (nSPS) is 10.8. The molecule has 0 unspecified atom stereocenters. The van der Waals surface area contributed by atoms with Crippen LogP contribution in [0.3, 0.4) is 0 Å². The van der Waals surface area contributed by atoms with Crippen molar-refractivity contribution in [3.05, 3.63) is 52.3 Å². The molecular weight excluding hydrogens is 354 g/mol. The van der Waals surface area contributed by atoms with E-state index in [0.717, 1.165) is 9.88 Å². The number of thiophene rings is 1. The number of benzene rings is 1. The van der Waals surface area contributed by atoms with Crippen molar-refractivity contribution in [1.82, 2.24) is 4.98 Å². The van der Waals surface area contributed by atoms with Gasteiger partial charge in [0.05, 0.1) is 4.88 Å². The molecule has 0 aliphatic rings. The van der Waals surface area contributed by atoms with Gasteiger partial charge in [0.2, 0.25) is 0 Å². The fourth-order valence-corrected chi connectivity index (χ4v) is 3.67. The van der Waals surface area contributed by atoms with Crippen molar-refractivity contribution >= 4 is 34.3 Å². The molecule has 3 rings (SSSR count). The van der Waals surface area contributed by atoms with Crippen LogP contribution in [0.25, 0.3) is 9.88 Å². The van der Waals surface area contributed by atoms with Gasteiger partial charge in [-0.3, -0.25) is 4.79 Å². The lowest BCUT2D eigenvalue weighted by Crippen LogP contribution is -2.14. The Morgan fingerprint density at radius 1 is 1.25 bits per heavy atom. The van der Waals surface area contributed by atoms with Crippen LogP contribution >= 0.6 is 22.7 Å². The van der Waals surface area contributed by atoms with E-state index in [2.05, 4.69) is 15.0 Å². The summed E-state index contributed by atoms with van der Waals surface area (Å²) in [6, 6.07) is 8.44. The van der Waals surface area contributed by atoms with Gasteiger partial charge in [0, 0.05) is 16.6 Å². The second kappa shape index (κ2) is 7.06. The Balaban J connectivity index is 1.78. The Morgan fingerprint density at radius 2 is 2.08 bits per heavy atom. The van der Waals surface area contributed by atoms with Crippen LogP contribution in [0.2, 0.25) is 0 Å². The largest absolute Gasteiger partial charge is 0.434 e. The van der Waals surface area contributed by atoms with Crippen molar-refractivity contribution in [3.8, 4) is 15.6 Å². The van der Waals surface area contributed by atoms with Crippen molar-refractivity contribution < 1.29 is 18.3 Å². The fraction of sp³-hybridized carbons (Fsp3) is 0.125. The van der Waals surface area contributed by atoms with E-state index in [9.17, 15) is 13.6 Å². The number of alkyl halides is 2. The molecule has 0 spiro atoms. The van der Waals surface area contributed by atoms with Crippen LogP contribution < -0.4 is 10.1 Å². The highest BCUT2D eigenvalue weighted by Gasteiger charge is 2.15. The lowest BCUT2D eigenvalue weighted by molar-refractivity contribution is -0.0502. The summed E-state index contributed by atoms with van der Waals surface area (Å²) in [7, 11) is 0. The number of nitrogens with zero attached hydrogens (tertiary/aromatic N) is 1. The Hall–Kier alpha value is -2.32. The predicted molar refractivity (Wildman–Crippen MR) is 91.2 cm³/mol. The monoisotopic (exact) mass is 366 g/mol. The highest BCUT2D eigenvalue weighted by molar-refractivity contribution is 7.20. The first-order valence-corrected chi connectivity index (χ1v) is 8.65. The van der Waals surface area contributed by atoms with Crippen molar-refractivity contribution in [2.24, 2.45) is 0 Å². The molecule has 3 aromatic rings. The van der Waals surface area contributed by atoms with Crippen LogP contribution in [0.1, 0.15) is 16.1 Å². The van der Waals surface area contributed by atoms with E-state index < -0.39 is 12.5 Å². The number of anilines is 1. The van der Waals surface area contributed by atoms with Gasteiger partial charge < -0.3 is 10.1 Å². The summed E-state index contributed by atoms with van der Waals surface area (Å²) in [5, 5.41) is 7.05. The zero-order valence-corrected chi connectivity index (χ0v) is 14.1. The van der Waals surface area contributed by atoms with E-state index in [-0.39, 0.29) is 11.4 Å². The molecule has 1 amide bonds. The number of hydrogen-bond acceptors (Lipinski definition) is 5. The highest BCUT2D eigenvalue weighted by atomic mass is 32.1. The first-order chi connectivity index (χ1) is 11.5. The summed E-state index contributed by atoms with van der Waals surface area (Å²) >= 11 is 2.92. The topological polar surface area (TPSA) is 51.2 Å². The van der Waals surface area contributed by atoms with Gasteiger partial charge in [-0.25, -0.2) is 4.98 Å². The third-order valence-electron chi connectivity index (χ3n) is 3.22. The lowest BCUT2D eigenvalue weighted by atomic mass is 10.1. The number of nitrogens with one attached hydrogen (secondary N) is 1. The molecule has 2 heterocycles. The molecule has 2 aromatic heterocycles. The molecule has 0 aliphatic heterocycles. The molecule has 0 atom stereocenters. The van der Waals surface area contributed by atoms with Crippen LogP contribution in [-0.4, -0.2) is 17.5 Å². The quantitative estimate of drug-likeness (QED) is 0.689. The molecule has 0 saturated heterocycles. The maximum Gasteiger partial charge on any atom is 0.387 e. The minimum atomic E-state index is -2.92. The summed E-state index contributed by atoms with van der Waals surface area (Å²) in [6.07, 6.45) is 0. The zero-order chi connectivity index (χ0) is 17.1. The third-order valence-corrected chi connectivity index (χ3v) is 5.10. The molecule has 4 nitrogen and oxygen atoms in total. The Kier molecular flexibility index (Phi) is 4.86. The summed E-state index contributed by atoms with van der Waals surface area (Å²) in [5.41, 5.74) is 1.12. The van der Waals surface area contributed by atoms with Gasteiger partial charge in [-0.1, -0.05) is 12.1 Å². The van der Waals surface area contributed by atoms with Crippen LogP contribution in [0.15, 0.2) is 41.1 Å². The first-order valence-electron chi connectivity index (χ1n) is 6.90. The van der Waals surface area contributed by atoms with Crippen LogP contribution in [-0.2, 0) is 0 Å². The second-order valence-electron chi connectivity index (χ2n) is 4.78. The average Bonchev–Trinajstić information content (AvgIpc) is 3.21. The first kappa shape index (κ1) is 16.5. The number of ether oxygens (including phenoxy) is 1. The predicted octanol–water partition coefficient (Wildman–Crippen LogP) is 5.03. The number of carbonyl (C=O) groups is 1. The van der Waals surface area contributed by atoms with Gasteiger partial charge in [0.15, 0.2) is 0 Å². The molecule has 0 aliphatic carbocycles. The SMILES string of the molecule is Cc1c(NC(=O)c2csc(-c3cccs3)n2)cccc1OC(F)F. The summed E-state index contributed by atoms with van der Waals surface area (Å²) in [4.78, 5) is 17.6. The van der Waals surface area contributed by atoms with E-state index in [1.54, 1.807) is 35.8 Å². The van der Waals surface area contributed by atoms with Gasteiger partial charge in [-0.05, 0) is 30.5 Å². The van der Waals surface area contributed by atoms with Gasteiger partial charge >= 0.3 is 6.61 Å². The van der Waals surface area contributed by atoms with E-state index in [1.807, 2.05) is 17.5 Å². The number of halogens is 2. The number of rotatable bonds is 5. The van der Waals surface area contributed by atoms with Crippen molar-refractivity contribution in [3.63, 3.8) is 0 Å². The number of carbonyl (C=O) groups excluding carboxylic acids is 1. The molecule has 0 fully saturated rings. The summed E-state index contributed by atoms with van der Waals surface area (Å²) in [5.74, 6) is -0.369. The van der Waals surface area contributed by atoms with Crippen LogP contribution in [0.4, 0.5) is 14.5 Å². The molecule has 0 radical (unpaired) electrons. The van der Waals surface area contributed by atoms with E-state index in [1.165, 1.54) is 17.4 Å². The molecule has 0 bridgehead atoms. The third kappa shape index (κ3) is 3.60. The number of amides is 1. The van der Waals surface area contributed by atoms with Gasteiger partial charge in [-0.2, -0.15) is 8.78 Å². The number of thiazole rings is 1. The average molecular weight is 366 g/mol. The van der Waals surface area contributed by atoms with Crippen molar-refractivity contribution in [2.45, 2.75) is 13.5 Å². The standard InChI is InChI=1S/C16H12F2N2O2S2/c1-9-10(4-2-5-12(9)22-16(17)18)19-14(21)11-8-24-15(20-11)13-6-3-7-23-13/h2-8,16H,1H3,(H,19,21). The zero-order valence-electron chi connectivity index (χ0n) is 12.5. The van der Waals surface area contributed by atoms with E-state index in [0.29, 0.717) is 11.3 Å². The van der Waals surface area contributed by atoms with E-state index in [4.69, 9.17) is 0 Å². The number of hydrogen-bond donors (Lipinski definition) is 1. The lowest BCUT2D eigenvalue weighted by Gasteiger charge is -2.12. The van der Waals surface area contributed by atoms with Gasteiger partial charge in [0.25, 0.3) is 5.91 Å². The smallest absolute Gasteiger partial charge is 0.387 e. The molecule has 124 valence electrons. The van der Waals surface area contributed by atoms with Crippen molar-refractivity contribution in [2.75, 3.05) is 5.32 Å². The molecule has 1 N–H and O–H groups in total. The Bertz CT molecular complexity index is 848. The molecule has 0 saturated carbocycles. The Morgan fingerprint density at radius 3 is 2.79 bits per heavy atom. The molecule has 24 heavy (non-hydrogen) atoms. The fourth-order valence-electron chi connectivity index (χ4n) is 2.05. The van der Waals surface area contributed by atoms with Gasteiger partial charge in [0.1, 0.15) is 16.5 Å².